The Morgan fingerprint density at radius 3 is 2.53 bits per heavy atom. The Morgan fingerprint density at radius 1 is 1.05 bits per heavy atom. The maximum Gasteiger partial charge on any atom is 0.322 e. The van der Waals surface area contributed by atoms with Crippen molar-refractivity contribution in [3.63, 3.8) is 0 Å². The van der Waals surface area contributed by atoms with E-state index in [0.717, 1.165) is 23.1 Å². The minimum Gasteiger partial charge on any atom is -0.461 e. The number of hydrogen-bond acceptors (Lipinski definition) is 7. The lowest BCUT2D eigenvalue weighted by Gasteiger charge is -2.46. The van der Waals surface area contributed by atoms with Crippen LogP contribution in [0.3, 0.4) is 0 Å². The molecular formula is C34H30F2N4O3. The Balaban J connectivity index is 1.35. The molecule has 1 aliphatic heterocycles. The van der Waals surface area contributed by atoms with E-state index < -0.39 is 47.6 Å². The number of halogens is 2. The zero-order valence-electron chi connectivity index (χ0n) is 24.0. The number of benzene rings is 2. The Labute approximate surface area is 248 Å². The van der Waals surface area contributed by atoms with E-state index in [0.29, 0.717) is 16.8 Å². The molecule has 6 rings (SSSR count). The molecule has 5 atom stereocenters. The van der Waals surface area contributed by atoms with Gasteiger partial charge in [-0.1, -0.05) is 62.4 Å². The molecular weight excluding hydrogens is 550 g/mol. The number of carbonyl (C=O) groups excluding carboxylic acids is 1. The van der Waals surface area contributed by atoms with Gasteiger partial charge in [-0.3, -0.25) is 9.78 Å². The second-order valence-corrected chi connectivity index (χ2v) is 11.3. The van der Waals surface area contributed by atoms with Crippen molar-refractivity contribution in [2.45, 2.75) is 51.1 Å². The molecule has 7 nitrogen and oxygen atoms in total. The highest BCUT2D eigenvalue weighted by atomic mass is 19.3. The number of rotatable bonds is 6. The molecule has 218 valence electrons. The van der Waals surface area contributed by atoms with Gasteiger partial charge in [-0.05, 0) is 49.1 Å². The summed E-state index contributed by atoms with van der Waals surface area (Å²) in [5.74, 6) is -6.51. The van der Waals surface area contributed by atoms with Crippen molar-refractivity contribution >= 4 is 12.0 Å². The fraction of sp³-hybridized carbons (Fsp3) is 0.324. The number of nitrogens with zero attached hydrogens (tertiary/aromatic N) is 4. The van der Waals surface area contributed by atoms with Gasteiger partial charge >= 0.3 is 5.97 Å². The number of hydrogen-bond donors (Lipinski definition) is 0. The van der Waals surface area contributed by atoms with Crippen LogP contribution in [0.1, 0.15) is 49.9 Å². The molecule has 0 radical (unpaired) electrons. The molecule has 2 fully saturated rings. The number of aryl methyl sites for hydroxylation is 1. The molecule has 0 unspecified atom stereocenters. The van der Waals surface area contributed by atoms with Crippen LogP contribution in [0, 0.1) is 29.1 Å². The Morgan fingerprint density at radius 2 is 1.84 bits per heavy atom. The maximum absolute atomic E-state index is 15.8. The summed E-state index contributed by atoms with van der Waals surface area (Å²) in [6.45, 7) is 5.22. The Hall–Kier alpha value is -4.71. The zero-order valence-corrected chi connectivity index (χ0v) is 24.0. The first kappa shape index (κ1) is 28.4. The second-order valence-electron chi connectivity index (χ2n) is 11.3. The van der Waals surface area contributed by atoms with Gasteiger partial charge in [0.25, 0.3) is 5.92 Å². The molecule has 43 heavy (non-hydrogen) atoms. The van der Waals surface area contributed by atoms with Crippen molar-refractivity contribution < 1.29 is 22.7 Å². The van der Waals surface area contributed by atoms with Crippen molar-refractivity contribution in [1.29, 1.82) is 5.26 Å². The predicted octanol–water partition coefficient (Wildman–Crippen LogP) is 7.04. The molecule has 2 aromatic heterocycles. The van der Waals surface area contributed by atoms with Gasteiger partial charge in [0.1, 0.15) is 12.2 Å². The number of aromatic nitrogens is 3. The van der Waals surface area contributed by atoms with Crippen LogP contribution in [-0.2, 0) is 21.4 Å². The normalized spacial score (nSPS) is 26.2. The van der Waals surface area contributed by atoms with E-state index in [2.05, 4.69) is 21.3 Å². The van der Waals surface area contributed by atoms with E-state index in [1.165, 1.54) is 6.92 Å². The van der Waals surface area contributed by atoms with Crippen molar-refractivity contribution in [3.05, 3.63) is 95.6 Å². The molecule has 2 aromatic carbocycles. The van der Waals surface area contributed by atoms with Crippen LogP contribution >= 0.6 is 0 Å². The SMILES string of the molecule is CCc1cccc(-c2ccc(/C=C/[C@@H]3[C@@H]4[C@@H](C)OC(=O)[C@]4(c4nnc(-c5ccccc5)o4)CC(F)(F)[C@H]3C)nc2)c1C#N. The van der Waals surface area contributed by atoms with E-state index in [1.54, 1.807) is 55.6 Å². The van der Waals surface area contributed by atoms with Gasteiger partial charge in [0.15, 0.2) is 5.41 Å². The third-order valence-electron chi connectivity index (χ3n) is 8.96. The van der Waals surface area contributed by atoms with Gasteiger partial charge in [0.05, 0.1) is 11.3 Å². The summed E-state index contributed by atoms with van der Waals surface area (Å²) in [5, 5.41) is 18.0. The first-order valence-corrected chi connectivity index (χ1v) is 14.3. The molecule has 1 aliphatic carbocycles. The largest absolute Gasteiger partial charge is 0.461 e. The van der Waals surface area contributed by atoms with E-state index >= 15 is 8.78 Å². The number of cyclic esters (lactones) is 1. The number of ether oxygens (including phenoxy) is 1. The summed E-state index contributed by atoms with van der Waals surface area (Å²) in [6.07, 6.45) is 4.37. The number of nitriles is 1. The van der Waals surface area contributed by atoms with Crippen molar-refractivity contribution in [1.82, 2.24) is 15.2 Å². The summed E-state index contributed by atoms with van der Waals surface area (Å²) in [4.78, 5) is 18.0. The standard InChI is InChI=1S/C34H30F2N4O3/c1-4-22-11-8-12-27(28(22)17-37)24-13-14-25(38-18-24)15-16-26-20(2)34(35,36)19-33(29(26)21(3)42-32(33)41)31-40-39-30(43-31)23-9-6-5-7-10-23/h5-16,18,20-21,26,29H,4,19H2,1-3H3/b16-15+/t20-,21+,26-,29-,33+/m0/s1. The number of alkyl halides is 2. The second kappa shape index (κ2) is 10.8. The van der Waals surface area contributed by atoms with Gasteiger partial charge in [-0.2, -0.15) is 5.26 Å². The number of pyridine rings is 1. The molecule has 1 saturated heterocycles. The quantitative estimate of drug-likeness (QED) is 0.226. The topological polar surface area (TPSA) is 102 Å². The first-order valence-electron chi connectivity index (χ1n) is 14.3. The molecule has 3 heterocycles. The highest BCUT2D eigenvalue weighted by Gasteiger charge is 2.71. The number of esters is 1. The molecule has 0 spiro atoms. The van der Waals surface area contributed by atoms with Gasteiger partial charge < -0.3 is 9.15 Å². The lowest BCUT2D eigenvalue weighted by molar-refractivity contribution is -0.159. The van der Waals surface area contributed by atoms with E-state index in [-0.39, 0.29) is 11.8 Å². The fourth-order valence-corrected chi connectivity index (χ4v) is 6.67. The van der Waals surface area contributed by atoms with Crippen molar-refractivity contribution in [3.8, 4) is 28.7 Å². The van der Waals surface area contributed by atoms with Crippen LogP contribution < -0.4 is 0 Å². The van der Waals surface area contributed by atoms with Gasteiger partial charge in [0, 0.05) is 41.1 Å². The van der Waals surface area contributed by atoms with Crippen LogP contribution in [0.4, 0.5) is 8.78 Å². The van der Waals surface area contributed by atoms with Gasteiger partial charge in [-0.15, -0.1) is 10.2 Å². The highest BCUT2D eigenvalue weighted by molar-refractivity contribution is 5.85. The van der Waals surface area contributed by atoms with Crippen LogP contribution in [0.25, 0.3) is 28.7 Å². The van der Waals surface area contributed by atoms with Crippen LogP contribution in [0.15, 0.2) is 77.4 Å². The fourth-order valence-electron chi connectivity index (χ4n) is 6.67. The number of fused-ring (bicyclic) bond motifs is 1. The first-order chi connectivity index (χ1) is 20.7. The van der Waals surface area contributed by atoms with Crippen LogP contribution in [0.5, 0.6) is 0 Å². The molecule has 9 heteroatoms. The summed E-state index contributed by atoms with van der Waals surface area (Å²) in [6, 6.07) is 20.6. The molecule has 1 saturated carbocycles. The smallest absolute Gasteiger partial charge is 0.322 e. The van der Waals surface area contributed by atoms with E-state index in [4.69, 9.17) is 9.15 Å². The highest BCUT2D eigenvalue weighted by Crippen LogP contribution is 2.60. The third kappa shape index (κ3) is 4.71. The minimum atomic E-state index is -3.22. The van der Waals surface area contributed by atoms with Crippen molar-refractivity contribution in [2.24, 2.45) is 17.8 Å². The van der Waals surface area contributed by atoms with Gasteiger partial charge in [-0.25, -0.2) is 8.78 Å². The third-order valence-corrected chi connectivity index (χ3v) is 8.96. The van der Waals surface area contributed by atoms with Crippen LogP contribution in [-0.4, -0.2) is 33.2 Å². The monoisotopic (exact) mass is 580 g/mol. The summed E-state index contributed by atoms with van der Waals surface area (Å²) in [5.41, 5.74) is 2.54. The lowest BCUT2D eigenvalue weighted by Crippen LogP contribution is -2.56. The average molecular weight is 581 g/mol. The minimum absolute atomic E-state index is 0.151. The molecule has 4 aromatic rings. The summed E-state index contributed by atoms with van der Waals surface area (Å²) < 4.78 is 43.1. The molecule has 2 aliphatic rings. The summed E-state index contributed by atoms with van der Waals surface area (Å²) in [7, 11) is 0. The molecule has 0 N–H and O–H groups in total. The zero-order chi connectivity index (χ0) is 30.4. The average Bonchev–Trinajstić information content (AvgIpc) is 3.61. The number of allylic oxidation sites excluding steroid dienone is 1. The van der Waals surface area contributed by atoms with Crippen molar-refractivity contribution in [2.75, 3.05) is 0 Å². The molecule has 0 bridgehead atoms. The maximum atomic E-state index is 15.8. The van der Waals surface area contributed by atoms with Crippen LogP contribution in [0.2, 0.25) is 0 Å². The predicted molar refractivity (Wildman–Crippen MR) is 155 cm³/mol. The Kier molecular flexibility index (Phi) is 7.17. The lowest BCUT2D eigenvalue weighted by atomic mass is 9.56. The molecule has 0 amide bonds. The number of carbonyl (C=O) groups is 1. The Bertz CT molecular complexity index is 1730. The van der Waals surface area contributed by atoms with E-state index in [9.17, 15) is 10.1 Å². The van der Waals surface area contributed by atoms with E-state index in [1.807, 2.05) is 37.3 Å². The summed E-state index contributed by atoms with van der Waals surface area (Å²) >= 11 is 0. The van der Waals surface area contributed by atoms with Gasteiger partial charge in [0.2, 0.25) is 11.8 Å².